The standard InChI is InChI=1S/2C26H25FN4O/c2*1-3-32-21-15-13-20(14-16-21)28-17-22-18(2)29-25(19-9-5-4-6-10-19)31-26(22)30-24-12-8-7-11-23(24)27/h2*4-16,28H,3,17H2,1-2H3,(H,29,30,31). The number of halogens is 2. The molecule has 2 aromatic heterocycles. The van der Waals surface area contributed by atoms with Crippen LogP contribution in [0.15, 0.2) is 158 Å². The zero-order chi connectivity index (χ0) is 44.7. The van der Waals surface area contributed by atoms with Crippen molar-refractivity contribution < 1.29 is 18.3 Å². The minimum atomic E-state index is -0.338. The van der Waals surface area contributed by atoms with E-state index < -0.39 is 0 Å². The van der Waals surface area contributed by atoms with E-state index in [0.717, 1.165) is 56.5 Å². The van der Waals surface area contributed by atoms with E-state index in [1.165, 1.54) is 12.1 Å². The topological polar surface area (TPSA) is 118 Å². The molecule has 0 aliphatic carbocycles. The Labute approximate surface area is 372 Å². The molecule has 0 bridgehead atoms. The molecule has 0 radical (unpaired) electrons. The third-order valence-electron chi connectivity index (χ3n) is 10.0. The minimum absolute atomic E-state index is 0.338. The Kier molecular flexibility index (Phi) is 15.0. The van der Waals surface area contributed by atoms with Crippen molar-refractivity contribution in [2.24, 2.45) is 0 Å². The van der Waals surface area contributed by atoms with E-state index in [-0.39, 0.29) is 11.6 Å². The number of nitrogens with one attached hydrogen (secondary N) is 4. The lowest BCUT2D eigenvalue weighted by Gasteiger charge is -2.17. The number of benzene rings is 6. The van der Waals surface area contributed by atoms with Crippen molar-refractivity contribution in [3.8, 4) is 34.3 Å². The number of anilines is 6. The SMILES string of the molecule is CCOc1ccc(NCc2c(C)nc(-c3ccccc3)nc2Nc2ccccc2F)cc1.CCOc1ccc(NCc2c(C)nc(-c3ccccc3)nc2Nc2ccccc2F)cc1. The van der Waals surface area contributed by atoms with Crippen LogP contribution in [-0.2, 0) is 13.1 Å². The second-order valence-corrected chi connectivity index (χ2v) is 14.5. The van der Waals surface area contributed by atoms with Crippen molar-refractivity contribution in [3.05, 3.63) is 192 Å². The molecule has 64 heavy (non-hydrogen) atoms. The molecule has 0 amide bonds. The Bertz CT molecular complexity index is 2550. The number of para-hydroxylation sites is 2. The fourth-order valence-corrected chi connectivity index (χ4v) is 6.69. The number of hydrogen-bond donors (Lipinski definition) is 4. The Balaban J connectivity index is 0.000000191. The van der Waals surface area contributed by atoms with Crippen molar-refractivity contribution in [2.45, 2.75) is 40.8 Å². The summed E-state index contributed by atoms with van der Waals surface area (Å²) in [5.74, 6) is 3.29. The summed E-state index contributed by atoms with van der Waals surface area (Å²) in [4.78, 5) is 18.9. The van der Waals surface area contributed by atoms with Crippen molar-refractivity contribution in [2.75, 3.05) is 34.5 Å². The summed E-state index contributed by atoms with van der Waals surface area (Å²) in [6.07, 6.45) is 0. The predicted octanol–water partition coefficient (Wildman–Crippen LogP) is 12.7. The first-order chi connectivity index (χ1) is 31.3. The van der Waals surface area contributed by atoms with Gasteiger partial charge in [-0.25, -0.2) is 28.7 Å². The molecule has 324 valence electrons. The molecule has 6 aromatic carbocycles. The van der Waals surface area contributed by atoms with Crippen LogP contribution in [0.4, 0.5) is 43.2 Å². The van der Waals surface area contributed by atoms with Gasteiger partial charge in [-0.1, -0.05) is 84.9 Å². The summed E-state index contributed by atoms with van der Waals surface area (Å²) in [6, 6.07) is 48.2. The van der Waals surface area contributed by atoms with Gasteiger partial charge in [0.05, 0.1) is 24.6 Å². The Hall–Kier alpha value is -7.86. The van der Waals surface area contributed by atoms with Gasteiger partial charge in [0.25, 0.3) is 0 Å². The monoisotopic (exact) mass is 856 g/mol. The van der Waals surface area contributed by atoms with Crippen LogP contribution in [0.1, 0.15) is 36.4 Å². The van der Waals surface area contributed by atoms with E-state index in [1.54, 1.807) is 36.4 Å². The van der Waals surface area contributed by atoms with Crippen LogP contribution in [0.5, 0.6) is 11.5 Å². The Morgan fingerprint density at radius 3 is 1.16 bits per heavy atom. The summed E-state index contributed by atoms with van der Waals surface area (Å²) < 4.78 is 39.7. The molecule has 2 heterocycles. The number of hydrogen-bond acceptors (Lipinski definition) is 10. The first kappa shape index (κ1) is 44.2. The first-order valence-electron chi connectivity index (χ1n) is 21.1. The minimum Gasteiger partial charge on any atom is -0.494 e. The van der Waals surface area contributed by atoms with Gasteiger partial charge in [0.15, 0.2) is 11.6 Å². The number of nitrogens with zero attached hydrogens (tertiary/aromatic N) is 4. The molecule has 8 rings (SSSR count). The maximum atomic E-state index is 14.3. The highest BCUT2D eigenvalue weighted by molar-refractivity contribution is 5.67. The maximum absolute atomic E-state index is 14.3. The predicted molar refractivity (Wildman–Crippen MR) is 254 cm³/mol. The second-order valence-electron chi connectivity index (χ2n) is 14.5. The lowest BCUT2D eigenvalue weighted by atomic mass is 10.1. The molecule has 8 aromatic rings. The maximum Gasteiger partial charge on any atom is 0.161 e. The van der Waals surface area contributed by atoms with Gasteiger partial charge in [0, 0.05) is 58.1 Å². The highest BCUT2D eigenvalue weighted by Crippen LogP contribution is 2.30. The zero-order valence-corrected chi connectivity index (χ0v) is 36.2. The number of aromatic nitrogens is 4. The fraction of sp³-hybridized carbons (Fsp3) is 0.154. The van der Waals surface area contributed by atoms with Crippen molar-refractivity contribution in [1.29, 1.82) is 0 Å². The van der Waals surface area contributed by atoms with E-state index in [2.05, 4.69) is 21.3 Å². The van der Waals surface area contributed by atoms with Gasteiger partial charge in [-0.3, -0.25) is 0 Å². The average molecular weight is 857 g/mol. The van der Waals surface area contributed by atoms with E-state index in [1.807, 2.05) is 137 Å². The van der Waals surface area contributed by atoms with E-state index in [0.29, 0.717) is 61.0 Å². The van der Waals surface area contributed by atoms with Crippen LogP contribution in [0.3, 0.4) is 0 Å². The molecule has 0 aliphatic heterocycles. The molecule has 0 aliphatic rings. The number of rotatable bonds is 16. The molecule has 0 saturated carbocycles. The van der Waals surface area contributed by atoms with Crippen molar-refractivity contribution in [3.63, 3.8) is 0 Å². The molecule has 10 nitrogen and oxygen atoms in total. The van der Waals surface area contributed by atoms with E-state index >= 15 is 0 Å². The molecule has 0 fully saturated rings. The van der Waals surface area contributed by atoms with Crippen LogP contribution in [0, 0.1) is 25.5 Å². The Morgan fingerprint density at radius 1 is 0.438 bits per heavy atom. The van der Waals surface area contributed by atoms with Gasteiger partial charge in [-0.05, 0) is 100 Å². The third kappa shape index (κ3) is 11.7. The van der Waals surface area contributed by atoms with Crippen molar-refractivity contribution >= 4 is 34.4 Å². The summed E-state index contributed by atoms with van der Waals surface area (Å²) in [5, 5.41) is 13.1. The zero-order valence-electron chi connectivity index (χ0n) is 36.2. The fourth-order valence-electron chi connectivity index (χ4n) is 6.69. The molecule has 4 N–H and O–H groups in total. The molecule has 12 heteroatoms. The van der Waals surface area contributed by atoms with E-state index in [9.17, 15) is 8.78 Å². The highest BCUT2D eigenvalue weighted by atomic mass is 19.1. The summed E-state index contributed by atoms with van der Waals surface area (Å²) in [6.45, 7) is 10.0. The Morgan fingerprint density at radius 2 is 0.797 bits per heavy atom. The molecule has 0 saturated heterocycles. The third-order valence-corrected chi connectivity index (χ3v) is 10.0. The van der Waals surface area contributed by atoms with Gasteiger partial charge in [-0.2, -0.15) is 0 Å². The molecular weight excluding hydrogens is 807 g/mol. The summed E-state index contributed by atoms with van der Waals surface area (Å²) in [7, 11) is 0. The van der Waals surface area contributed by atoms with Gasteiger partial charge >= 0.3 is 0 Å². The van der Waals surface area contributed by atoms with Crippen LogP contribution >= 0.6 is 0 Å². The van der Waals surface area contributed by atoms with Crippen LogP contribution in [0.25, 0.3) is 22.8 Å². The quantitative estimate of drug-likeness (QED) is 0.0748. The van der Waals surface area contributed by atoms with Gasteiger partial charge < -0.3 is 30.7 Å². The van der Waals surface area contributed by atoms with E-state index in [4.69, 9.17) is 29.4 Å². The molecule has 0 atom stereocenters. The first-order valence-corrected chi connectivity index (χ1v) is 21.1. The molecule has 0 unspecified atom stereocenters. The summed E-state index contributed by atoms with van der Waals surface area (Å²) in [5.41, 5.74) is 7.78. The van der Waals surface area contributed by atoms with Crippen LogP contribution < -0.4 is 30.7 Å². The lowest BCUT2D eigenvalue weighted by molar-refractivity contribution is 0.340. The smallest absolute Gasteiger partial charge is 0.161 e. The largest absolute Gasteiger partial charge is 0.494 e. The second kappa shape index (κ2) is 21.8. The average Bonchev–Trinajstić information content (AvgIpc) is 3.32. The normalized spacial score (nSPS) is 10.6. The number of ether oxygens (including phenoxy) is 2. The van der Waals surface area contributed by atoms with Crippen LogP contribution in [0.2, 0.25) is 0 Å². The van der Waals surface area contributed by atoms with Crippen molar-refractivity contribution in [1.82, 2.24) is 19.9 Å². The lowest BCUT2D eigenvalue weighted by Crippen LogP contribution is -2.10. The van der Waals surface area contributed by atoms with Gasteiger partial charge in [-0.15, -0.1) is 0 Å². The number of aryl methyl sites for hydroxylation is 2. The van der Waals surface area contributed by atoms with Crippen LogP contribution in [-0.4, -0.2) is 33.1 Å². The molecular formula is C52H50F2N8O2. The molecule has 0 spiro atoms. The highest BCUT2D eigenvalue weighted by Gasteiger charge is 2.17. The van der Waals surface area contributed by atoms with Gasteiger partial charge in [0.2, 0.25) is 0 Å². The van der Waals surface area contributed by atoms with Gasteiger partial charge in [0.1, 0.15) is 34.8 Å². The summed E-state index contributed by atoms with van der Waals surface area (Å²) >= 11 is 0.